The SMILES string of the molecule is COc1cc(NC(C)=O)c2nc(C)ccc2c1. The minimum absolute atomic E-state index is 0.122. The molecule has 0 unspecified atom stereocenters. The molecule has 1 amide bonds. The molecule has 0 saturated carbocycles. The molecule has 1 aromatic heterocycles. The Morgan fingerprint density at radius 1 is 1.35 bits per heavy atom. The van der Waals surface area contributed by atoms with Gasteiger partial charge in [0.15, 0.2) is 0 Å². The number of hydrogen-bond acceptors (Lipinski definition) is 3. The molecule has 17 heavy (non-hydrogen) atoms. The second-order valence-electron chi connectivity index (χ2n) is 3.88. The van der Waals surface area contributed by atoms with Gasteiger partial charge in [-0.2, -0.15) is 0 Å². The summed E-state index contributed by atoms with van der Waals surface area (Å²) in [5.74, 6) is 0.578. The van der Waals surface area contributed by atoms with Crippen molar-refractivity contribution in [2.45, 2.75) is 13.8 Å². The Morgan fingerprint density at radius 2 is 2.12 bits per heavy atom. The highest BCUT2D eigenvalue weighted by Gasteiger charge is 2.07. The van der Waals surface area contributed by atoms with Crippen LogP contribution in [0.1, 0.15) is 12.6 Å². The Kier molecular flexibility index (Phi) is 2.95. The molecule has 0 saturated heterocycles. The Bertz CT molecular complexity index is 579. The van der Waals surface area contributed by atoms with Crippen LogP contribution in [0.2, 0.25) is 0 Å². The molecule has 1 aromatic carbocycles. The van der Waals surface area contributed by atoms with Gasteiger partial charge in [-0.15, -0.1) is 0 Å². The van der Waals surface area contributed by atoms with Crippen LogP contribution in [0.4, 0.5) is 5.69 Å². The Hall–Kier alpha value is -2.10. The number of nitrogens with zero attached hydrogens (tertiary/aromatic N) is 1. The van der Waals surface area contributed by atoms with E-state index >= 15 is 0 Å². The van der Waals surface area contributed by atoms with Gasteiger partial charge >= 0.3 is 0 Å². The number of ether oxygens (including phenoxy) is 1. The molecule has 0 aliphatic rings. The number of nitrogens with one attached hydrogen (secondary N) is 1. The fraction of sp³-hybridized carbons (Fsp3) is 0.231. The van der Waals surface area contributed by atoms with E-state index in [4.69, 9.17) is 4.74 Å². The van der Waals surface area contributed by atoms with Crippen molar-refractivity contribution in [1.82, 2.24) is 4.98 Å². The predicted octanol–water partition coefficient (Wildman–Crippen LogP) is 2.51. The maximum atomic E-state index is 11.2. The number of hydrogen-bond donors (Lipinski definition) is 1. The highest BCUT2D eigenvalue weighted by atomic mass is 16.5. The van der Waals surface area contributed by atoms with E-state index in [0.29, 0.717) is 11.4 Å². The molecule has 2 aromatic rings. The smallest absolute Gasteiger partial charge is 0.221 e. The van der Waals surface area contributed by atoms with E-state index in [1.807, 2.05) is 25.1 Å². The van der Waals surface area contributed by atoms with Gasteiger partial charge in [-0.05, 0) is 19.1 Å². The average molecular weight is 230 g/mol. The number of methoxy groups -OCH3 is 1. The molecular weight excluding hydrogens is 216 g/mol. The summed E-state index contributed by atoms with van der Waals surface area (Å²) < 4.78 is 5.20. The van der Waals surface area contributed by atoms with Crippen molar-refractivity contribution in [2.75, 3.05) is 12.4 Å². The third-order valence-corrected chi connectivity index (χ3v) is 2.45. The molecular formula is C13H14N2O2. The van der Waals surface area contributed by atoms with Gasteiger partial charge in [-0.3, -0.25) is 9.78 Å². The molecule has 0 bridgehead atoms. The van der Waals surface area contributed by atoms with Gasteiger partial charge in [0, 0.05) is 24.1 Å². The van der Waals surface area contributed by atoms with Crippen LogP contribution in [-0.4, -0.2) is 18.0 Å². The summed E-state index contributed by atoms with van der Waals surface area (Å²) in [7, 11) is 1.60. The maximum absolute atomic E-state index is 11.2. The number of rotatable bonds is 2. The summed E-state index contributed by atoms with van der Waals surface area (Å²) in [4.78, 5) is 15.6. The van der Waals surface area contributed by atoms with E-state index in [0.717, 1.165) is 16.6 Å². The molecule has 4 heteroatoms. The molecule has 4 nitrogen and oxygen atoms in total. The Morgan fingerprint density at radius 3 is 2.76 bits per heavy atom. The minimum atomic E-state index is -0.122. The Balaban J connectivity index is 2.67. The van der Waals surface area contributed by atoms with E-state index in [9.17, 15) is 4.79 Å². The summed E-state index contributed by atoms with van der Waals surface area (Å²) in [6, 6.07) is 7.56. The largest absolute Gasteiger partial charge is 0.497 e. The van der Waals surface area contributed by atoms with E-state index in [1.165, 1.54) is 6.92 Å². The standard InChI is InChI=1S/C13H14N2O2/c1-8-4-5-10-6-11(17-3)7-12(13(10)14-8)15-9(2)16/h4-7H,1-3H3,(H,15,16). The zero-order valence-corrected chi connectivity index (χ0v) is 10.1. The van der Waals surface area contributed by atoms with Crippen molar-refractivity contribution in [3.63, 3.8) is 0 Å². The molecule has 1 N–H and O–H groups in total. The summed E-state index contributed by atoms with van der Waals surface area (Å²) >= 11 is 0. The van der Waals surface area contributed by atoms with Crippen LogP contribution in [0.25, 0.3) is 10.9 Å². The normalized spacial score (nSPS) is 10.3. The Labute approximate surface area is 99.6 Å². The van der Waals surface area contributed by atoms with Gasteiger partial charge in [-0.1, -0.05) is 6.07 Å². The van der Waals surface area contributed by atoms with Crippen LogP contribution in [0, 0.1) is 6.92 Å². The zero-order valence-electron chi connectivity index (χ0n) is 10.1. The first-order valence-corrected chi connectivity index (χ1v) is 5.33. The third-order valence-electron chi connectivity index (χ3n) is 2.45. The maximum Gasteiger partial charge on any atom is 0.221 e. The fourth-order valence-electron chi connectivity index (χ4n) is 1.71. The summed E-state index contributed by atoms with van der Waals surface area (Å²) in [6.45, 7) is 3.39. The summed E-state index contributed by atoms with van der Waals surface area (Å²) in [6.07, 6.45) is 0. The molecule has 0 fully saturated rings. The number of benzene rings is 1. The fourth-order valence-corrected chi connectivity index (χ4v) is 1.71. The van der Waals surface area contributed by atoms with Crippen molar-refractivity contribution < 1.29 is 9.53 Å². The molecule has 0 radical (unpaired) electrons. The van der Waals surface area contributed by atoms with Gasteiger partial charge in [-0.25, -0.2) is 0 Å². The number of amides is 1. The van der Waals surface area contributed by atoms with E-state index in [-0.39, 0.29) is 5.91 Å². The molecule has 88 valence electrons. The van der Waals surface area contributed by atoms with E-state index in [1.54, 1.807) is 13.2 Å². The lowest BCUT2D eigenvalue weighted by atomic mass is 10.1. The first kappa shape index (κ1) is 11.4. The molecule has 0 atom stereocenters. The van der Waals surface area contributed by atoms with Crippen LogP contribution < -0.4 is 10.1 Å². The van der Waals surface area contributed by atoms with Crippen molar-refractivity contribution >= 4 is 22.5 Å². The van der Waals surface area contributed by atoms with Gasteiger partial charge in [0.2, 0.25) is 5.91 Å². The van der Waals surface area contributed by atoms with E-state index < -0.39 is 0 Å². The lowest BCUT2D eigenvalue weighted by molar-refractivity contribution is -0.114. The molecule has 0 aliphatic carbocycles. The minimum Gasteiger partial charge on any atom is -0.497 e. The number of pyridine rings is 1. The van der Waals surface area contributed by atoms with Crippen LogP contribution in [-0.2, 0) is 4.79 Å². The van der Waals surface area contributed by atoms with E-state index in [2.05, 4.69) is 10.3 Å². The highest BCUT2D eigenvalue weighted by Crippen LogP contribution is 2.28. The molecule has 0 spiro atoms. The number of aryl methyl sites for hydroxylation is 1. The summed E-state index contributed by atoms with van der Waals surface area (Å²) in [5.41, 5.74) is 2.37. The molecule has 2 rings (SSSR count). The second kappa shape index (κ2) is 4.41. The van der Waals surface area contributed by atoms with Crippen molar-refractivity contribution in [3.8, 4) is 5.75 Å². The summed E-state index contributed by atoms with van der Waals surface area (Å²) in [5, 5.41) is 3.71. The monoisotopic (exact) mass is 230 g/mol. The highest BCUT2D eigenvalue weighted by molar-refractivity contribution is 6.00. The number of carbonyl (C=O) groups excluding carboxylic acids is 1. The van der Waals surface area contributed by atoms with Crippen molar-refractivity contribution in [1.29, 1.82) is 0 Å². The topological polar surface area (TPSA) is 51.2 Å². The number of carbonyl (C=O) groups is 1. The number of anilines is 1. The first-order chi connectivity index (χ1) is 8.10. The lowest BCUT2D eigenvalue weighted by Gasteiger charge is -2.09. The quantitative estimate of drug-likeness (QED) is 0.862. The third kappa shape index (κ3) is 2.36. The van der Waals surface area contributed by atoms with Gasteiger partial charge < -0.3 is 10.1 Å². The van der Waals surface area contributed by atoms with Gasteiger partial charge in [0.05, 0.1) is 18.3 Å². The first-order valence-electron chi connectivity index (χ1n) is 5.33. The van der Waals surface area contributed by atoms with Crippen LogP contribution in [0.15, 0.2) is 24.3 Å². The van der Waals surface area contributed by atoms with Crippen LogP contribution in [0.3, 0.4) is 0 Å². The number of aromatic nitrogens is 1. The van der Waals surface area contributed by atoms with Crippen molar-refractivity contribution in [2.24, 2.45) is 0 Å². The number of fused-ring (bicyclic) bond motifs is 1. The van der Waals surface area contributed by atoms with Gasteiger partial charge in [0.25, 0.3) is 0 Å². The van der Waals surface area contributed by atoms with Crippen molar-refractivity contribution in [3.05, 3.63) is 30.0 Å². The predicted molar refractivity (Wildman–Crippen MR) is 67.3 cm³/mol. The van der Waals surface area contributed by atoms with Crippen LogP contribution >= 0.6 is 0 Å². The zero-order chi connectivity index (χ0) is 12.4. The lowest BCUT2D eigenvalue weighted by Crippen LogP contribution is -2.07. The van der Waals surface area contributed by atoms with Gasteiger partial charge in [0.1, 0.15) is 5.75 Å². The second-order valence-corrected chi connectivity index (χ2v) is 3.88. The van der Waals surface area contributed by atoms with Crippen LogP contribution in [0.5, 0.6) is 5.75 Å². The molecule has 0 aliphatic heterocycles. The average Bonchev–Trinajstić information content (AvgIpc) is 2.28. The molecule has 1 heterocycles.